The normalized spacial score (nSPS) is 14.7. The van der Waals surface area contributed by atoms with Crippen LogP contribution in [0.1, 0.15) is 34.6 Å². The Morgan fingerprint density at radius 1 is 1.57 bits per heavy atom. The maximum atomic E-state index is 12.1. The van der Waals surface area contributed by atoms with Gasteiger partial charge in [-0.15, -0.1) is 0 Å². The van der Waals surface area contributed by atoms with Crippen molar-refractivity contribution in [3.05, 3.63) is 22.8 Å². The fraction of sp³-hybridized carbons (Fsp3) is 0.462. The van der Waals surface area contributed by atoms with Crippen molar-refractivity contribution in [3.63, 3.8) is 0 Å². The average Bonchev–Trinajstić information content (AvgIpc) is 2.97. The molecule has 1 aliphatic rings. The molecule has 0 unspecified atom stereocenters. The van der Waals surface area contributed by atoms with Crippen LogP contribution in [0.15, 0.2) is 12.3 Å². The number of hydrogen-bond acceptors (Lipinski definition) is 6. The van der Waals surface area contributed by atoms with Gasteiger partial charge in [0.25, 0.3) is 5.91 Å². The zero-order valence-corrected chi connectivity index (χ0v) is 12.6. The molecule has 0 aliphatic heterocycles. The number of aryl methyl sites for hydroxylation is 1. The minimum atomic E-state index is -0.211. The van der Waals surface area contributed by atoms with E-state index in [1.807, 2.05) is 19.3 Å². The van der Waals surface area contributed by atoms with Crippen molar-refractivity contribution in [1.82, 2.24) is 20.1 Å². The van der Waals surface area contributed by atoms with Crippen LogP contribution in [0.25, 0.3) is 0 Å². The molecule has 2 aromatic rings. The summed E-state index contributed by atoms with van der Waals surface area (Å²) in [5.41, 5.74) is 6.64. The van der Waals surface area contributed by atoms with Gasteiger partial charge in [0.15, 0.2) is 5.13 Å². The van der Waals surface area contributed by atoms with Crippen LogP contribution in [-0.2, 0) is 13.6 Å². The second-order valence-corrected chi connectivity index (χ2v) is 6.17. The van der Waals surface area contributed by atoms with Crippen molar-refractivity contribution in [1.29, 1.82) is 0 Å². The number of nitrogens with zero attached hydrogens (tertiary/aromatic N) is 3. The first-order valence-electron chi connectivity index (χ1n) is 6.91. The topological polar surface area (TPSA) is 97.9 Å². The Morgan fingerprint density at radius 3 is 3.00 bits per heavy atom. The summed E-state index contributed by atoms with van der Waals surface area (Å²) in [4.78, 5) is 16.8. The van der Waals surface area contributed by atoms with E-state index in [1.165, 1.54) is 17.8 Å². The lowest BCUT2D eigenvalue weighted by Gasteiger charge is -2.25. The van der Waals surface area contributed by atoms with Crippen molar-refractivity contribution in [2.45, 2.75) is 31.8 Å². The molecule has 0 bridgehead atoms. The van der Waals surface area contributed by atoms with Gasteiger partial charge in [0, 0.05) is 19.3 Å². The molecule has 4 N–H and O–H groups in total. The molecule has 2 aromatic heterocycles. The molecule has 0 atom stereocenters. The molecule has 21 heavy (non-hydrogen) atoms. The van der Waals surface area contributed by atoms with Gasteiger partial charge < -0.3 is 16.4 Å². The summed E-state index contributed by atoms with van der Waals surface area (Å²) in [6.45, 7) is 0.377. The Bertz CT molecular complexity index is 645. The third kappa shape index (κ3) is 3.15. The highest BCUT2D eigenvalue weighted by Crippen LogP contribution is 2.29. The van der Waals surface area contributed by atoms with Crippen LogP contribution >= 0.6 is 11.3 Å². The molecule has 1 amide bonds. The average molecular weight is 306 g/mol. The minimum Gasteiger partial charge on any atom is -0.382 e. The minimum absolute atomic E-state index is 0.211. The van der Waals surface area contributed by atoms with Gasteiger partial charge in [0.05, 0.1) is 12.2 Å². The highest BCUT2D eigenvalue weighted by Gasteiger charge is 2.21. The van der Waals surface area contributed by atoms with Crippen molar-refractivity contribution in [3.8, 4) is 0 Å². The number of nitrogen functional groups attached to an aromatic ring is 1. The van der Waals surface area contributed by atoms with E-state index in [0.29, 0.717) is 17.5 Å². The fourth-order valence-electron chi connectivity index (χ4n) is 2.09. The van der Waals surface area contributed by atoms with Crippen molar-refractivity contribution in [2.24, 2.45) is 7.05 Å². The van der Waals surface area contributed by atoms with Gasteiger partial charge in [-0.1, -0.05) is 11.3 Å². The molecule has 0 saturated heterocycles. The Labute approximate surface area is 126 Å². The zero-order chi connectivity index (χ0) is 14.8. The van der Waals surface area contributed by atoms with Crippen LogP contribution < -0.4 is 16.4 Å². The molecule has 0 radical (unpaired) electrons. The molecular formula is C13H18N6OS. The molecule has 1 fully saturated rings. The first-order valence-corrected chi connectivity index (χ1v) is 7.73. The zero-order valence-electron chi connectivity index (χ0n) is 11.8. The second-order valence-electron chi connectivity index (χ2n) is 5.17. The second kappa shape index (κ2) is 5.72. The van der Waals surface area contributed by atoms with E-state index in [1.54, 1.807) is 4.68 Å². The number of aromatic nitrogens is 3. The molecule has 3 rings (SSSR count). The molecule has 0 aromatic carbocycles. The van der Waals surface area contributed by atoms with E-state index >= 15 is 0 Å². The maximum Gasteiger partial charge on any atom is 0.265 e. The van der Waals surface area contributed by atoms with Gasteiger partial charge in [0.1, 0.15) is 10.7 Å². The number of nitrogens with one attached hydrogen (secondary N) is 2. The predicted molar refractivity (Wildman–Crippen MR) is 82.2 cm³/mol. The number of nitrogens with two attached hydrogens (primary N) is 1. The molecule has 1 aliphatic carbocycles. The van der Waals surface area contributed by atoms with Crippen molar-refractivity contribution >= 4 is 28.2 Å². The Kier molecular flexibility index (Phi) is 3.78. The van der Waals surface area contributed by atoms with E-state index in [4.69, 9.17) is 5.73 Å². The van der Waals surface area contributed by atoms with Crippen LogP contribution in [0, 0.1) is 0 Å². The van der Waals surface area contributed by atoms with E-state index in [2.05, 4.69) is 20.7 Å². The Morgan fingerprint density at radius 2 is 2.38 bits per heavy atom. The first-order chi connectivity index (χ1) is 10.1. The monoisotopic (exact) mass is 306 g/mol. The summed E-state index contributed by atoms with van der Waals surface area (Å²) < 4.78 is 1.70. The first kappa shape index (κ1) is 13.9. The number of anilines is 2. The number of thiazole rings is 1. The smallest absolute Gasteiger partial charge is 0.265 e. The molecule has 2 heterocycles. The fourth-order valence-corrected chi connectivity index (χ4v) is 2.97. The summed E-state index contributed by atoms with van der Waals surface area (Å²) in [6, 6.07) is 2.33. The predicted octanol–water partition coefficient (Wildman–Crippen LogP) is 1.35. The Balaban J connectivity index is 1.60. The van der Waals surface area contributed by atoms with Gasteiger partial charge in [-0.2, -0.15) is 5.10 Å². The lowest BCUT2D eigenvalue weighted by atomic mass is 9.93. The van der Waals surface area contributed by atoms with Gasteiger partial charge in [-0.25, -0.2) is 4.98 Å². The number of carbonyl (C=O) groups excluding carboxylic acids is 1. The number of hydrogen-bond donors (Lipinski definition) is 3. The van der Waals surface area contributed by atoms with E-state index < -0.39 is 0 Å². The highest BCUT2D eigenvalue weighted by atomic mass is 32.1. The van der Waals surface area contributed by atoms with Gasteiger partial charge in [0.2, 0.25) is 0 Å². The highest BCUT2D eigenvalue weighted by molar-refractivity contribution is 7.18. The summed E-state index contributed by atoms with van der Waals surface area (Å²) in [7, 11) is 1.84. The largest absolute Gasteiger partial charge is 0.382 e. The molecule has 8 heteroatoms. The van der Waals surface area contributed by atoms with Gasteiger partial charge in [-0.05, 0) is 25.3 Å². The van der Waals surface area contributed by atoms with Crippen LogP contribution in [0.5, 0.6) is 0 Å². The number of amides is 1. The molecule has 1 saturated carbocycles. The van der Waals surface area contributed by atoms with E-state index in [9.17, 15) is 4.79 Å². The molecular weight excluding hydrogens is 288 g/mol. The third-order valence-corrected chi connectivity index (χ3v) is 4.49. The SMILES string of the molecule is Cn1ccc(CNC(=O)c2sc(NC3CCC3)nc2N)n1. The van der Waals surface area contributed by atoms with Gasteiger partial charge >= 0.3 is 0 Å². The number of rotatable bonds is 5. The van der Waals surface area contributed by atoms with E-state index in [-0.39, 0.29) is 11.7 Å². The standard InChI is InChI=1S/C13H18N6OS/c1-19-6-5-9(18-19)7-15-12(20)10-11(14)17-13(21-10)16-8-3-2-4-8/h5-6,8H,2-4,7,14H2,1H3,(H,15,20)(H,16,17). The molecule has 0 spiro atoms. The molecule has 7 nitrogen and oxygen atoms in total. The van der Waals surface area contributed by atoms with Crippen LogP contribution in [0.2, 0.25) is 0 Å². The van der Waals surface area contributed by atoms with Crippen LogP contribution in [0.4, 0.5) is 10.9 Å². The third-order valence-electron chi connectivity index (χ3n) is 3.49. The summed E-state index contributed by atoms with van der Waals surface area (Å²) >= 11 is 1.30. The van der Waals surface area contributed by atoms with Gasteiger partial charge in [-0.3, -0.25) is 9.48 Å². The van der Waals surface area contributed by atoms with E-state index in [0.717, 1.165) is 23.7 Å². The Hall–Kier alpha value is -2.09. The van der Waals surface area contributed by atoms with Crippen molar-refractivity contribution < 1.29 is 4.79 Å². The van der Waals surface area contributed by atoms with Crippen LogP contribution in [0.3, 0.4) is 0 Å². The molecule has 112 valence electrons. The quantitative estimate of drug-likeness (QED) is 0.774. The van der Waals surface area contributed by atoms with Crippen molar-refractivity contribution in [2.75, 3.05) is 11.1 Å². The lowest BCUT2D eigenvalue weighted by Crippen LogP contribution is -2.26. The number of carbonyl (C=O) groups is 1. The summed E-state index contributed by atoms with van der Waals surface area (Å²) in [5, 5.41) is 11.0. The van der Waals surface area contributed by atoms with Crippen LogP contribution in [-0.4, -0.2) is 26.7 Å². The maximum absolute atomic E-state index is 12.1. The lowest BCUT2D eigenvalue weighted by molar-refractivity contribution is 0.0955. The summed E-state index contributed by atoms with van der Waals surface area (Å²) in [5.74, 6) is 0.0673. The summed E-state index contributed by atoms with van der Waals surface area (Å²) in [6.07, 6.45) is 5.39.